The zero-order valence-electron chi connectivity index (χ0n) is 17.0. The van der Waals surface area contributed by atoms with Gasteiger partial charge in [-0.2, -0.15) is 0 Å². The Bertz CT molecular complexity index is 750. The number of piperidine rings is 1. The first-order chi connectivity index (χ1) is 13.7. The molecule has 0 atom stereocenters. The molecule has 1 aliphatic rings. The second-order valence-electron chi connectivity index (χ2n) is 7.30. The summed E-state index contributed by atoms with van der Waals surface area (Å²) < 4.78 is 0. The van der Waals surface area contributed by atoms with Crippen LogP contribution in [0.3, 0.4) is 0 Å². The van der Waals surface area contributed by atoms with Crippen molar-refractivity contribution in [1.29, 1.82) is 0 Å². The monoisotopic (exact) mass is 381 g/mol. The van der Waals surface area contributed by atoms with Gasteiger partial charge >= 0.3 is 0 Å². The first-order valence-corrected chi connectivity index (χ1v) is 10.4. The Labute approximate surface area is 168 Å². The van der Waals surface area contributed by atoms with E-state index in [0.717, 1.165) is 50.5 Å². The molecule has 6 heteroatoms. The number of carbonyl (C=O) groups excluding carboxylic acids is 1. The van der Waals surface area contributed by atoms with E-state index in [0.29, 0.717) is 5.69 Å². The number of aromatic nitrogens is 2. The minimum absolute atomic E-state index is 0.206. The van der Waals surface area contributed by atoms with Gasteiger partial charge in [0.25, 0.3) is 5.91 Å². The van der Waals surface area contributed by atoms with Crippen molar-refractivity contribution in [1.82, 2.24) is 9.97 Å². The van der Waals surface area contributed by atoms with Gasteiger partial charge in [0.1, 0.15) is 17.8 Å². The van der Waals surface area contributed by atoms with Crippen molar-refractivity contribution in [3.05, 3.63) is 42.4 Å². The van der Waals surface area contributed by atoms with Crippen LogP contribution in [-0.4, -0.2) is 42.1 Å². The second-order valence-corrected chi connectivity index (χ2v) is 7.30. The molecular formula is C22H31N5O. The molecule has 0 unspecified atom stereocenters. The molecule has 1 amide bonds. The number of benzene rings is 1. The van der Waals surface area contributed by atoms with E-state index in [1.165, 1.54) is 31.3 Å². The maximum Gasteiger partial charge on any atom is 0.274 e. The lowest BCUT2D eigenvalue weighted by atomic mass is 10.1. The number of hydrogen-bond donors (Lipinski definition) is 1. The standard InChI is InChI=1S/C22H31N5O/c1-3-12-27(13-4-2)21-16-20(23-17-24-21)22(28)25-18-8-10-19(11-9-18)26-14-6-5-7-15-26/h8-11,16-17H,3-7,12-15H2,1-2H3,(H,25,28). The number of rotatable bonds is 8. The van der Waals surface area contributed by atoms with Crippen molar-refractivity contribution in [2.45, 2.75) is 46.0 Å². The Morgan fingerprint density at radius 3 is 2.36 bits per heavy atom. The normalized spacial score (nSPS) is 14.0. The van der Waals surface area contributed by atoms with Crippen molar-refractivity contribution >= 4 is 23.1 Å². The number of carbonyl (C=O) groups is 1. The van der Waals surface area contributed by atoms with E-state index < -0.39 is 0 Å². The Morgan fingerprint density at radius 2 is 1.71 bits per heavy atom. The van der Waals surface area contributed by atoms with Crippen molar-refractivity contribution < 1.29 is 4.79 Å². The van der Waals surface area contributed by atoms with Crippen LogP contribution in [0.5, 0.6) is 0 Å². The Morgan fingerprint density at radius 1 is 1.04 bits per heavy atom. The summed E-state index contributed by atoms with van der Waals surface area (Å²) in [5, 5.41) is 2.95. The van der Waals surface area contributed by atoms with Crippen LogP contribution in [-0.2, 0) is 0 Å². The summed E-state index contributed by atoms with van der Waals surface area (Å²) in [4.78, 5) is 25.8. The van der Waals surface area contributed by atoms with Gasteiger partial charge in [0.15, 0.2) is 0 Å². The molecule has 150 valence electrons. The lowest BCUT2D eigenvalue weighted by Crippen LogP contribution is -2.29. The molecule has 2 heterocycles. The van der Waals surface area contributed by atoms with Gasteiger partial charge in [-0.25, -0.2) is 9.97 Å². The van der Waals surface area contributed by atoms with Crippen molar-refractivity contribution in [2.75, 3.05) is 41.3 Å². The van der Waals surface area contributed by atoms with Gasteiger partial charge in [-0.3, -0.25) is 4.79 Å². The van der Waals surface area contributed by atoms with Crippen LogP contribution < -0.4 is 15.1 Å². The topological polar surface area (TPSA) is 61.4 Å². The van der Waals surface area contributed by atoms with Crippen LogP contribution in [0.2, 0.25) is 0 Å². The number of hydrogen-bond acceptors (Lipinski definition) is 5. The van der Waals surface area contributed by atoms with E-state index in [-0.39, 0.29) is 5.91 Å². The quantitative estimate of drug-likeness (QED) is 0.737. The summed E-state index contributed by atoms with van der Waals surface area (Å²) in [5.74, 6) is 0.603. The molecule has 0 bridgehead atoms. The lowest BCUT2D eigenvalue weighted by molar-refractivity contribution is 0.102. The maximum atomic E-state index is 12.7. The predicted molar refractivity (Wildman–Crippen MR) is 115 cm³/mol. The second kappa shape index (κ2) is 10.1. The predicted octanol–water partition coefficient (Wildman–Crippen LogP) is 4.35. The van der Waals surface area contributed by atoms with E-state index in [2.05, 4.69) is 51.1 Å². The summed E-state index contributed by atoms with van der Waals surface area (Å²) in [5.41, 5.74) is 2.39. The van der Waals surface area contributed by atoms with E-state index in [1.807, 2.05) is 12.1 Å². The summed E-state index contributed by atoms with van der Waals surface area (Å²) in [6, 6.07) is 9.87. The molecule has 0 spiro atoms. The van der Waals surface area contributed by atoms with Gasteiger partial charge in [-0.1, -0.05) is 13.8 Å². The van der Waals surface area contributed by atoms with Gasteiger partial charge in [0, 0.05) is 43.6 Å². The molecule has 1 saturated heterocycles. The fraction of sp³-hybridized carbons (Fsp3) is 0.500. The highest BCUT2D eigenvalue weighted by molar-refractivity contribution is 6.03. The molecule has 1 fully saturated rings. The SMILES string of the molecule is CCCN(CCC)c1cc(C(=O)Nc2ccc(N3CCCCC3)cc2)ncn1. The first-order valence-electron chi connectivity index (χ1n) is 10.4. The molecule has 0 saturated carbocycles. The summed E-state index contributed by atoms with van der Waals surface area (Å²) >= 11 is 0. The molecule has 0 radical (unpaired) electrons. The van der Waals surface area contributed by atoms with E-state index in [4.69, 9.17) is 0 Å². The summed E-state index contributed by atoms with van der Waals surface area (Å²) in [6.07, 6.45) is 7.37. The van der Waals surface area contributed by atoms with Gasteiger partial charge in [0.05, 0.1) is 0 Å². The molecular weight excluding hydrogens is 350 g/mol. The molecule has 1 aromatic heterocycles. The minimum atomic E-state index is -0.206. The van der Waals surface area contributed by atoms with Crippen LogP contribution in [0.15, 0.2) is 36.7 Å². The molecule has 28 heavy (non-hydrogen) atoms. The number of nitrogens with one attached hydrogen (secondary N) is 1. The largest absolute Gasteiger partial charge is 0.372 e. The van der Waals surface area contributed by atoms with Crippen LogP contribution >= 0.6 is 0 Å². The highest BCUT2D eigenvalue weighted by Crippen LogP contribution is 2.22. The average molecular weight is 382 g/mol. The number of anilines is 3. The van der Waals surface area contributed by atoms with Crippen molar-refractivity contribution in [2.24, 2.45) is 0 Å². The van der Waals surface area contributed by atoms with E-state index in [9.17, 15) is 4.79 Å². The van der Waals surface area contributed by atoms with Crippen molar-refractivity contribution in [3.63, 3.8) is 0 Å². The molecule has 6 nitrogen and oxygen atoms in total. The third kappa shape index (κ3) is 5.21. The van der Waals surface area contributed by atoms with Gasteiger partial charge in [0.2, 0.25) is 0 Å². The van der Waals surface area contributed by atoms with E-state index in [1.54, 1.807) is 6.07 Å². The zero-order valence-corrected chi connectivity index (χ0v) is 17.0. The van der Waals surface area contributed by atoms with E-state index >= 15 is 0 Å². The number of amides is 1. The first kappa shape index (κ1) is 20.1. The zero-order chi connectivity index (χ0) is 19.8. The number of nitrogens with zero attached hydrogens (tertiary/aromatic N) is 4. The maximum absolute atomic E-state index is 12.7. The highest BCUT2D eigenvalue weighted by Gasteiger charge is 2.14. The molecule has 1 aliphatic heterocycles. The third-order valence-electron chi connectivity index (χ3n) is 5.04. The summed E-state index contributed by atoms with van der Waals surface area (Å²) in [6.45, 7) is 8.35. The van der Waals surface area contributed by atoms with Crippen LogP contribution in [0, 0.1) is 0 Å². The van der Waals surface area contributed by atoms with Crippen LogP contribution in [0.25, 0.3) is 0 Å². The molecule has 3 rings (SSSR count). The Kier molecular flexibility index (Phi) is 7.23. The van der Waals surface area contributed by atoms with Crippen LogP contribution in [0.1, 0.15) is 56.4 Å². The molecule has 1 N–H and O–H groups in total. The fourth-order valence-electron chi connectivity index (χ4n) is 3.63. The third-order valence-corrected chi connectivity index (χ3v) is 5.04. The van der Waals surface area contributed by atoms with Crippen molar-refractivity contribution in [3.8, 4) is 0 Å². The minimum Gasteiger partial charge on any atom is -0.372 e. The smallest absolute Gasteiger partial charge is 0.274 e. The van der Waals surface area contributed by atoms with Gasteiger partial charge in [-0.15, -0.1) is 0 Å². The molecule has 1 aromatic carbocycles. The molecule has 2 aromatic rings. The Balaban J connectivity index is 1.66. The average Bonchev–Trinajstić information content (AvgIpc) is 2.75. The fourth-order valence-corrected chi connectivity index (χ4v) is 3.63. The molecule has 0 aliphatic carbocycles. The highest BCUT2D eigenvalue weighted by atomic mass is 16.1. The van der Waals surface area contributed by atoms with Crippen LogP contribution in [0.4, 0.5) is 17.2 Å². The summed E-state index contributed by atoms with van der Waals surface area (Å²) in [7, 11) is 0. The van der Waals surface area contributed by atoms with Gasteiger partial charge in [-0.05, 0) is 56.4 Å². The lowest BCUT2D eigenvalue weighted by Gasteiger charge is -2.28. The Hall–Kier alpha value is -2.63. The van der Waals surface area contributed by atoms with Gasteiger partial charge < -0.3 is 15.1 Å².